The fraction of sp³-hybridized carbons (Fsp3) is 0.667. The molecule has 0 atom stereocenters. The van der Waals surface area contributed by atoms with Crippen molar-refractivity contribution in [1.29, 1.82) is 0 Å². The van der Waals surface area contributed by atoms with E-state index in [0.29, 0.717) is 5.56 Å². The van der Waals surface area contributed by atoms with E-state index in [1.165, 1.54) is 0 Å². The van der Waals surface area contributed by atoms with Crippen LogP contribution in [-0.4, -0.2) is 41.6 Å². The van der Waals surface area contributed by atoms with Crippen LogP contribution in [0.15, 0.2) is 24.3 Å². The Morgan fingerprint density at radius 2 is 1.88 bits per heavy atom. The van der Waals surface area contributed by atoms with Crippen LogP contribution in [-0.2, 0) is 0 Å². The lowest BCUT2D eigenvalue weighted by molar-refractivity contribution is 0.0441. The molecule has 0 unspecified atom stereocenters. The lowest BCUT2D eigenvalue weighted by Crippen LogP contribution is -2.62. The molecular weight excluding hydrogens is 312 g/mol. The number of hydrogen-bond acceptors (Lipinski definition) is 3. The summed E-state index contributed by atoms with van der Waals surface area (Å²) in [6.45, 7) is 11.9. The quantitative estimate of drug-likeness (QED) is 0.837. The number of ether oxygens (including phenoxy) is 1. The van der Waals surface area contributed by atoms with E-state index in [-0.39, 0.29) is 23.0 Å². The number of benzene rings is 1. The standard InChI is InChI=1S/C21H34N2O2/c1-7-8-12-23(17-14-20(2,3)22-21(4,5)15-17)19(24)16-10-9-11-18(13-16)25-6/h9-11,13,17,22H,7-8,12,14-15H2,1-6H3. The van der Waals surface area contributed by atoms with Gasteiger partial charge in [-0.05, 0) is 65.2 Å². The fourth-order valence-corrected chi connectivity index (χ4v) is 4.19. The Hall–Kier alpha value is -1.55. The highest BCUT2D eigenvalue weighted by atomic mass is 16.5. The number of carbonyl (C=O) groups excluding carboxylic acids is 1. The Labute approximate surface area is 152 Å². The minimum Gasteiger partial charge on any atom is -0.497 e. The van der Waals surface area contributed by atoms with Gasteiger partial charge in [0.15, 0.2) is 0 Å². The zero-order chi connectivity index (χ0) is 18.7. The SMILES string of the molecule is CCCCN(C(=O)c1cccc(OC)c1)C1CC(C)(C)NC(C)(C)C1. The first kappa shape index (κ1) is 19.8. The van der Waals surface area contributed by atoms with Crippen LogP contribution in [0.25, 0.3) is 0 Å². The molecule has 0 aliphatic carbocycles. The second-order valence-corrected chi connectivity index (χ2v) is 8.54. The average Bonchev–Trinajstić information content (AvgIpc) is 2.52. The molecule has 1 heterocycles. The number of carbonyl (C=O) groups is 1. The van der Waals surface area contributed by atoms with Gasteiger partial charge in [-0.25, -0.2) is 0 Å². The van der Waals surface area contributed by atoms with Gasteiger partial charge in [-0.3, -0.25) is 4.79 Å². The molecule has 1 aliphatic heterocycles. The van der Waals surface area contributed by atoms with E-state index in [9.17, 15) is 4.79 Å². The lowest BCUT2D eigenvalue weighted by atomic mass is 9.78. The third-order valence-electron chi connectivity index (χ3n) is 4.94. The second kappa shape index (κ2) is 7.77. The number of methoxy groups -OCH3 is 1. The van der Waals surface area contributed by atoms with Crippen molar-refractivity contribution in [2.45, 2.75) is 77.4 Å². The maximum atomic E-state index is 13.3. The van der Waals surface area contributed by atoms with E-state index in [0.717, 1.165) is 38.0 Å². The highest BCUT2D eigenvalue weighted by molar-refractivity contribution is 5.94. The molecule has 1 fully saturated rings. The van der Waals surface area contributed by atoms with Crippen molar-refractivity contribution in [3.05, 3.63) is 29.8 Å². The number of amides is 1. The monoisotopic (exact) mass is 346 g/mol. The zero-order valence-corrected chi connectivity index (χ0v) is 16.7. The lowest BCUT2D eigenvalue weighted by Gasteiger charge is -2.49. The van der Waals surface area contributed by atoms with Crippen LogP contribution in [0.4, 0.5) is 0 Å². The second-order valence-electron chi connectivity index (χ2n) is 8.54. The average molecular weight is 347 g/mol. The van der Waals surface area contributed by atoms with Crippen molar-refractivity contribution in [2.75, 3.05) is 13.7 Å². The van der Waals surface area contributed by atoms with Crippen molar-refractivity contribution >= 4 is 5.91 Å². The summed E-state index contributed by atoms with van der Waals surface area (Å²) in [6, 6.07) is 7.75. The largest absolute Gasteiger partial charge is 0.497 e. The van der Waals surface area contributed by atoms with Crippen LogP contribution in [0, 0.1) is 0 Å². The first-order chi connectivity index (χ1) is 11.7. The highest BCUT2D eigenvalue weighted by Crippen LogP contribution is 2.32. The number of nitrogens with zero attached hydrogens (tertiary/aromatic N) is 1. The van der Waals surface area contributed by atoms with Gasteiger partial charge in [0.1, 0.15) is 5.75 Å². The van der Waals surface area contributed by atoms with Crippen molar-refractivity contribution in [3.63, 3.8) is 0 Å². The fourth-order valence-electron chi connectivity index (χ4n) is 4.19. The summed E-state index contributed by atoms with van der Waals surface area (Å²) in [7, 11) is 1.64. The van der Waals surface area contributed by atoms with Crippen LogP contribution in [0.1, 0.15) is 70.7 Å². The van der Waals surface area contributed by atoms with Gasteiger partial charge < -0.3 is 15.0 Å². The molecule has 1 aromatic rings. The van der Waals surface area contributed by atoms with Crippen LogP contribution in [0.3, 0.4) is 0 Å². The van der Waals surface area contributed by atoms with Gasteiger partial charge in [-0.2, -0.15) is 0 Å². The van der Waals surface area contributed by atoms with Gasteiger partial charge in [0.25, 0.3) is 5.91 Å². The van der Waals surface area contributed by atoms with Crippen LogP contribution < -0.4 is 10.1 Å². The smallest absolute Gasteiger partial charge is 0.254 e. The van der Waals surface area contributed by atoms with Gasteiger partial charge in [0.05, 0.1) is 7.11 Å². The molecule has 1 aromatic carbocycles. The van der Waals surface area contributed by atoms with Crippen molar-refractivity contribution in [1.82, 2.24) is 10.2 Å². The van der Waals surface area contributed by atoms with Crippen LogP contribution >= 0.6 is 0 Å². The Morgan fingerprint density at radius 1 is 1.24 bits per heavy atom. The summed E-state index contributed by atoms with van der Waals surface area (Å²) in [4.78, 5) is 15.4. The molecule has 0 radical (unpaired) electrons. The Bertz CT molecular complexity index is 579. The topological polar surface area (TPSA) is 41.6 Å². The molecule has 0 aromatic heterocycles. The molecule has 4 nitrogen and oxygen atoms in total. The number of nitrogens with one attached hydrogen (secondary N) is 1. The van der Waals surface area contributed by atoms with Gasteiger partial charge in [-0.15, -0.1) is 0 Å². The maximum Gasteiger partial charge on any atom is 0.254 e. The maximum absolute atomic E-state index is 13.3. The molecule has 1 amide bonds. The van der Waals surface area contributed by atoms with E-state index >= 15 is 0 Å². The molecule has 4 heteroatoms. The first-order valence-corrected chi connectivity index (χ1v) is 9.42. The van der Waals surface area contributed by atoms with Gasteiger partial charge in [0.2, 0.25) is 0 Å². The minimum absolute atomic E-state index is 0.0194. The molecule has 25 heavy (non-hydrogen) atoms. The molecule has 1 aliphatic rings. The van der Waals surface area contributed by atoms with Crippen molar-refractivity contribution in [2.24, 2.45) is 0 Å². The predicted molar refractivity (Wildman–Crippen MR) is 103 cm³/mol. The van der Waals surface area contributed by atoms with E-state index in [1.54, 1.807) is 7.11 Å². The first-order valence-electron chi connectivity index (χ1n) is 9.42. The van der Waals surface area contributed by atoms with Crippen molar-refractivity contribution < 1.29 is 9.53 Å². The number of unbranched alkanes of at least 4 members (excludes halogenated alkanes) is 1. The molecular formula is C21H34N2O2. The van der Waals surface area contributed by atoms with Crippen molar-refractivity contribution in [3.8, 4) is 5.75 Å². The van der Waals surface area contributed by atoms with Gasteiger partial charge in [-0.1, -0.05) is 19.4 Å². The minimum atomic E-state index is 0.0194. The normalized spacial score (nSPS) is 19.4. The van der Waals surface area contributed by atoms with Gasteiger partial charge in [0, 0.05) is 29.2 Å². The third-order valence-corrected chi connectivity index (χ3v) is 4.94. The third kappa shape index (κ3) is 5.21. The zero-order valence-electron chi connectivity index (χ0n) is 16.7. The molecule has 1 N–H and O–H groups in total. The summed E-state index contributed by atoms with van der Waals surface area (Å²) < 4.78 is 5.30. The van der Waals surface area contributed by atoms with E-state index in [4.69, 9.17) is 4.74 Å². The Balaban J connectivity index is 2.29. The number of rotatable bonds is 6. The molecule has 140 valence electrons. The summed E-state index contributed by atoms with van der Waals surface area (Å²) in [5.74, 6) is 0.845. The molecule has 0 saturated carbocycles. The van der Waals surface area contributed by atoms with E-state index in [2.05, 4.69) is 44.8 Å². The Kier molecular flexibility index (Phi) is 6.15. The molecule has 0 spiro atoms. The predicted octanol–water partition coefficient (Wildman–Crippen LogP) is 4.25. The van der Waals surface area contributed by atoms with Crippen LogP contribution in [0.5, 0.6) is 5.75 Å². The number of piperidine rings is 1. The summed E-state index contributed by atoms with van der Waals surface area (Å²) >= 11 is 0. The number of hydrogen-bond donors (Lipinski definition) is 1. The Morgan fingerprint density at radius 3 is 2.44 bits per heavy atom. The molecule has 2 rings (SSSR count). The van der Waals surface area contributed by atoms with E-state index < -0.39 is 0 Å². The summed E-state index contributed by atoms with van der Waals surface area (Å²) in [6.07, 6.45) is 4.05. The summed E-state index contributed by atoms with van der Waals surface area (Å²) in [5.41, 5.74) is 0.751. The van der Waals surface area contributed by atoms with Gasteiger partial charge >= 0.3 is 0 Å². The van der Waals surface area contributed by atoms with Crippen LogP contribution in [0.2, 0.25) is 0 Å². The summed E-state index contributed by atoms with van der Waals surface area (Å²) in [5, 5.41) is 3.71. The molecule has 1 saturated heterocycles. The highest BCUT2D eigenvalue weighted by Gasteiger charge is 2.41. The van der Waals surface area contributed by atoms with E-state index in [1.807, 2.05) is 24.3 Å². The molecule has 0 bridgehead atoms.